The van der Waals surface area contributed by atoms with Crippen LogP contribution in [0.2, 0.25) is 0 Å². The SMILES string of the molecule is COc1cc(N)c(NC(=O)CSC)cc1OC. The minimum absolute atomic E-state index is 0.101. The average molecular weight is 256 g/mol. The van der Waals surface area contributed by atoms with Crippen LogP contribution in [0.15, 0.2) is 12.1 Å². The van der Waals surface area contributed by atoms with E-state index in [1.165, 1.54) is 26.0 Å². The number of nitrogens with two attached hydrogens (primary N) is 1. The summed E-state index contributed by atoms with van der Waals surface area (Å²) in [5.41, 5.74) is 6.78. The van der Waals surface area contributed by atoms with E-state index in [0.29, 0.717) is 28.6 Å². The number of hydrogen-bond acceptors (Lipinski definition) is 5. The quantitative estimate of drug-likeness (QED) is 0.783. The highest BCUT2D eigenvalue weighted by atomic mass is 32.2. The van der Waals surface area contributed by atoms with Crippen molar-refractivity contribution in [3.8, 4) is 11.5 Å². The molecule has 0 aliphatic carbocycles. The summed E-state index contributed by atoms with van der Waals surface area (Å²) in [6, 6.07) is 3.26. The Kier molecular flexibility index (Phi) is 4.96. The van der Waals surface area contributed by atoms with E-state index in [9.17, 15) is 4.79 Å². The topological polar surface area (TPSA) is 73.6 Å². The number of amides is 1. The molecule has 3 N–H and O–H groups in total. The van der Waals surface area contributed by atoms with Crippen LogP contribution in [0.1, 0.15) is 0 Å². The van der Waals surface area contributed by atoms with Gasteiger partial charge in [0.1, 0.15) is 0 Å². The highest BCUT2D eigenvalue weighted by molar-refractivity contribution is 7.99. The summed E-state index contributed by atoms with van der Waals surface area (Å²) in [6.45, 7) is 0. The fourth-order valence-electron chi connectivity index (χ4n) is 1.32. The summed E-state index contributed by atoms with van der Waals surface area (Å²) >= 11 is 1.44. The third kappa shape index (κ3) is 3.45. The Morgan fingerprint density at radius 2 is 1.94 bits per heavy atom. The van der Waals surface area contributed by atoms with Crippen molar-refractivity contribution in [2.45, 2.75) is 0 Å². The fourth-order valence-corrected chi connectivity index (χ4v) is 1.65. The van der Waals surface area contributed by atoms with Crippen molar-refractivity contribution in [2.24, 2.45) is 0 Å². The molecule has 94 valence electrons. The van der Waals surface area contributed by atoms with Gasteiger partial charge in [-0.05, 0) is 6.26 Å². The minimum atomic E-state index is -0.101. The summed E-state index contributed by atoms with van der Waals surface area (Å²) in [5.74, 6) is 1.35. The molecule has 1 rings (SSSR count). The largest absolute Gasteiger partial charge is 0.493 e. The predicted molar refractivity (Wildman–Crippen MR) is 71.0 cm³/mol. The lowest BCUT2D eigenvalue weighted by atomic mass is 10.2. The number of rotatable bonds is 5. The number of carbonyl (C=O) groups is 1. The third-order valence-electron chi connectivity index (χ3n) is 2.11. The van der Waals surface area contributed by atoms with Gasteiger partial charge in [-0.1, -0.05) is 0 Å². The van der Waals surface area contributed by atoms with Gasteiger partial charge in [0, 0.05) is 12.1 Å². The second-order valence-corrected chi connectivity index (χ2v) is 4.14. The molecule has 0 saturated carbocycles. The van der Waals surface area contributed by atoms with Crippen LogP contribution in [0.4, 0.5) is 11.4 Å². The van der Waals surface area contributed by atoms with Gasteiger partial charge >= 0.3 is 0 Å². The number of benzene rings is 1. The van der Waals surface area contributed by atoms with Crippen LogP contribution in [0.25, 0.3) is 0 Å². The summed E-state index contributed by atoms with van der Waals surface area (Å²) < 4.78 is 10.2. The number of anilines is 2. The molecule has 0 aliphatic rings. The minimum Gasteiger partial charge on any atom is -0.493 e. The fraction of sp³-hybridized carbons (Fsp3) is 0.364. The Bertz CT molecular complexity index is 410. The lowest BCUT2D eigenvalue weighted by Gasteiger charge is -2.13. The zero-order chi connectivity index (χ0) is 12.8. The van der Waals surface area contributed by atoms with Crippen LogP contribution >= 0.6 is 11.8 Å². The molecule has 1 aromatic rings. The van der Waals surface area contributed by atoms with Crippen molar-refractivity contribution >= 4 is 29.0 Å². The van der Waals surface area contributed by atoms with Crippen molar-refractivity contribution < 1.29 is 14.3 Å². The van der Waals surface area contributed by atoms with Crippen molar-refractivity contribution in [3.05, 3.63) is 12.1 Å². The summed E-state index contributed by atoms with van der Waals surface area (Å²) in [6.07, 6.45) is 1.86. The molecular weight excluding hydrogens is 240 g/mol. The first kappa shape index (κ1) is 13.5. The molecule has 5 nitrogen and oxygen atoms in total. The van der Waals surface area contributed by atoms with Gasteiger partial charge in [-0.15, -0.1) is 0 Å². The standard InChI is InChI=1S/C11H16N2O3S/c1-15-9-4-7(12)8(5-10(9)16-2)13-11(14)6-17-3/h4-5H,6,12H2,1-3H3,(H,13,14). The van der Waals surface area contributed by atoms with Crippen molar-refractivity contribution in [1.29, 1.82) is 0 Å². The predicted octanol–water partition coefficient (Wildman–Crippen LogP) is 1.59. The molecule has 1 amide bonds. The summed E-state index contributed by atoms with van der Waals surface area (Å²) in [5, 5.41) is 2.72. The molecular formula is C11H16N2O3S. The molecule has 0 radical (unpaired) electrons. The Balaban J connectivity index is 2.96. The lowest BCUT2D eigenvalue weighted by molar-refractivity contribution is -0.113. The molecule has 0 aliphatic heterocycles. The van der Waals surface area contributed by atoms with Gasteiger partial charge in [0.15, 0.2) is 11.5 Å². The zero-order valence-electron chi connectivity index (χ0n) is 10.1. The van der Waals surface area contributed by atoms with Crippen LogP contribution in [-0.4, -0.2) is 32.1 Å². The molecule has 17 heavy (non-hydrogen) atoms. The van der Waals surface area contributed by atoms with E-state index >= 15 is 0 Å². The van der Waals surface area contributed by atoms with E-state index in [0.717, 1.165) is 0 Å². The van der Waals surface area contributed by atoms with Crippen LogP contribution in [0.3, 0.4) is 0 Å². The van der Waals surface area contributed by atoms with E-state index in [4.69, 9.17) is 15.2 Å². The average Bonchev–Trinajstić information content (AvgIpc) is 2.31. The van der Waals surface area contributed by atoms with E-state index in [-0.39, 0.29) is 5.91 Å². The molecule has 0 bridgehead atoms. The highest BCUT2D eigenvalue weighted by Crippen LogP contribution is 2.34. The van der Waals surface area contributed by atoms with Gasteiger partial charge in [0.2, 0.25) is 5.91 Å². The zero-order valence-corrected chi connectivity index (χ0v) is 10.9. The van der Waals surface area contributed by atoms with Gasteiger partial charge in [-0.3, -0.25) is 4.79 Å². The molecule has 0 atom stereocenters. The molecule has 0 heterocycles. The Morgan fingerprint density at radius 3 is 2.47 bits per heavy atom. The maximum Gasteiger partial charge on any atom is 0.234 e. The first-order chi connectivity index (χ1) is 8.12. The maximum atomic E-state index is 11.5. The molecule has 1 aromatic carbocycles. The van der Waals surface area contributed by atoms with Crippen LogP contribution in [0.5, 0.6) is 11.5 Å². The number of ether oxygens (including phenoxy) is 2. The molecule has 0 fully saturated rings. The first-order valence-electron chi connectivity index (χ1n) is 4.92. The van der Waals surface area contributed by atoms with Gasteiger partial charge in [-0.25, -0.2) is 0 Å². The summed E-state index contributed by atoms with van der Waals surface area (Å²) in [7, 11) is 3.06. The van der Waals surface area contributed by atoms with Gasteiger partial charge in [0.05, 0.1) is 31.3 Å². The number of methoxy groups -OCH3 is 2. The Labute approximate surface area is 105 Å². The number of nitrogen functional groups attached to an aromatic ring is 1. The lowest BCUT2D eigenvalue weighted by Crippen LogP contribution is -2.15. The van der Waals surface area contributed by atoms with Gasteiger partial charge < -0.3 is 20.5 Å². The molecule has 6 heteroatoms. The monoisotopic (exact) mass is 256 g/mol. The maximum absolute atomic E-state index is 11.5. The van der Waals surface area contributed by atoms with Crippen molar-refractivity contribution in [3.63, 3.8) is 0 Å². The number of thioether (sulfide) groups is 1. The van der Waals surface area contributed by atoms with E-state index in [2.05, 4.69) is 5.32 Å². The van der Waals surface area contributed by atoms with E-state index in [1.807, 2.05) is 6.26 Å². The third-order valence-corrected chi connectivity index (χ3v) is 2.66. The number of nitrogens with one attached hydrogen (secondary N) is 1. The number of hydrogen-bond donors (Lipinski definition) is 2. The van der Waals surface area contributed by atoms with Gasteiger partial charge in [0.25, 0.3) is 0 Å². The molecule has 0 spiro atoms. The van der Waals surface area contributed by atoms with Gasteiger partial charge in [-0.2, -0.15) is 11.8 Å². The second kappa shape index (κ2) is 6.24. The van der Waals surface area contributed by atoms with Crippen LogP contribution in [-0.2, 0) is 4.79 Å². The van der Waals surface area contributed by atoms with Crippen molar-refractivity contribution in [1.82, 2.24) is 0 Å². The van der Waals surface area contributed by atoms with Crippen LogP contribution < -0.4 is 20.5 Å². The Morgan fingerprint density at radius 1 is 1.35 bits per heavy atom. The van der Waals surface area contributed by atoms with E-state index < -0.39 is 0 Å². The number of carbonyl (C=O) groups excluding carboxylic acids is 1. The highest BCUT2D eigenvalue weighted by Gasteiger charge is 2.11. The summed E-state index contributed by atoms with van der Waals surface area (Å²) in [4.78, 5) is 11.5. The Hall–Kier alpha value is -1.56. The normalized spacial score (nSPS) is 9.82. The smallest absolute Gasteiger partial charge is 0.234 e. The first-order valence-corrected chi connectivity index (χ1v) is 6.32. The molecule has 0 aromatic heterocycles. The van der Waals surface area contributed by atoms with Crippen LogP contribution in [0, 0.1) is 0 Å². The molecule has 0 saturated heterocycles. The molecule has 0 unspecified atom stereocenters. The van der Waals surface area contributed by atoms with Crippen molar-refractivity contribution in [2.75, 3.05) is 37.3 Å². The second-order valence-electron chi connectivity index (χ2n) is 3.28. The van der Waals surface area contributed by atoms with E-state index in [1.54, 1.807) is 12.1 Å².